The number of carbonyl (C=O) groups is 1. The Morgan fingerprint density at radius 2 is 2.00 bits per heavy atom. The first-order valence-electron chi connectivity index (χ1n) is 8.05. The summed E-state index contributed by atoms with van der Waals surface area (Å²) in [7, 11) is 0. The number of nitrogens with zero attached hydrogens (tertiary/aromatic N) is 2. The monoisotopic (exact) mass is 387 g/mol. The van der Waals surface area contributed by atoms with Gasteiger partial charge in [-0.25, -0.2) is 4.39 Å². The molecule has 0 radical (unpaired) electrons. The van der Waals surface area contributed by atoms with E-state index in [2.05, 4.69) is 15.5 Å². The van der Waals surface area contributed by atoms with Gasteiger partial charge in [0.1, 0.15) is 5.82 Å². The lowest BCUT2D eigenvalue weighted by atomic mass is 10.2. The van der Waals surface area contributed by atoms with Crippen LogP contribution in [-0.2, 0) is 11.3 Å². The Morgan fingerprint density at radius 3 is 2.89 bits per heavy atom. The molecule has 0 saturated carbocycles. The van der Waals surface area contributed by atoms with Gasteiger partial charge >= 0.3 is 0 Å². The highest BCUT2D eigenvalue weighted by Gasteiger charge is 2.15. The summed E-state index contributed by atoms with van der Waals surface area (Å²) >= 11 is 1.09. The van der Waals surface area contributed by atoms with Crippen LogP contribution < -0.4 is 14.8 Å². The molecule has 0 spiro atoms. The SMILES string of the molecule is O=C(CSc1nnc(-c2ccccc2F)o1)NCc1ccc2c(c1)OCO2. The van der Waals surface area contributed by atoms with Crippen molar-refractivity contribution >= 4 is 17.7 Å². The third-order valence-electron chi connectivity index (χ3n) is 3.76. The van der Waals surface area contributed by atoms with Gasteiger partial charge in [-0.1, -0.05) is 30.0 Å². The van der Waals surface area contributed by atoms with Crippen LogP contribution in [0, 0.1) is 5.82 Å². The van der Waals surface area contributed by atoms with E-state index in [1.165, 1.54) is 6.07 Å². The third-order valence-corrected chi connectivity index (χ3v) is 4.58. The number of carbonyl (C=O) groups excluding carboxylic acids is 1. The summed E-state index contributed by atoms with van der Waals surface area (Å²) in [6.45, 7) is 0.571. The zero-order valence-corrected chi connectivity index (χ0v) is 14.8. The molecule has 0 unspecified atom stereocenters. The number of benzene rings is 2. The number of hydrogen-bond acceptors (Lipinski definition) is 7. The summed E-state index contributed by atoms with van der Waals surface area (Å²) in [6.07, 6.45) is 0. The minimum atomic E-state index is -0.445. The second-order valence-corrected chi connectivity index (χ2v) is 6.53. The van der Waals surface area contributed by atoms with E-state index in [1.807, 2.05) is 12.1 Å². The van der Waals surface area contributed by atoms with Crippen molar-refractivity contribution in [3.05, 3.63) is 53.8 Å². The van der Waals surface area contributed by atoms with Crippen molar-refractivity contribution in [2.24, 2.45) is 0 Å². The fourth-order valence-electron chi connectivity index (χ4n) is 2.44. The first-order valence-corrected chi connectivity index (χ1v) is 9.04. The van der Waals surface area contributed by atoms with Gasteiger partial charge in [0.05, 0.1) is 11.3 Å². The first kappa shape index (κ1) is 17.3. The number of fused-ring (bicyclic) bond motifs is 1. The number of amides is 1. The lowest BCUT2D eigenvalue weighted by molar-refractivity contribution is -0.118. The zero-order valence-electron chi connectivity index (χ0n) is 14.0. The van der Waals surface area contributed by atoms with Crippen LogP contribution in [0.3, 0.4) is 0 Å². The molecule has 0 fully saturated rings. The number of halogens is 1. The second kappa shape index (κ2) is 7.67. The molecule has 0 bridgehead atoms. The van der Waals surface area contributed by atoms with Gasteiger partial charge < -0.3 is 19.2 Å². The fourth-order valence-corrected chi connectivity index (χ4v) is 3.03. The molecule has 1 N–H and O–H groups in total. The van der Waals surface area contributed by atoms with Crippen LogP contribution in [0.25, 0.3) is 11.5 Å². The fraction of sp³-hybridized carbons (Fsp3) is 0.167. The van der Waals surface area contributed by atoms with E-state index in [9.17, 15) is 9.18 Å². The molecule has 3 aromatic rings. The molecule has 0 atom stereocenters. The van der Waals surface area contributed by atoms with E-state index in [0.29, 0.717) is 18.0 Å². The molecule has 0 saturated heterocycles. The molecule has 1 amide bonds. The van der Waals surface area contributed by atoms with Crippen LogP contribution >= 0.6 is 11.8 Å². The summed E-state index contributed by atoms with van der Waals surface area (Å²) in [6, 6.07) is 11.6. The average molecular weight is 387 g/mol. The number of hydrogen-bond donors (Lipinski definition) is 1. The van der Waals surface area contributed by atoms with Gasteiger partial charge in [-0.2, -0.15) is 0 Å². The van der Waals surface area contributed by atoms with E-state index in [4.69, 9.17) is 13.9 Å². The minimum absolute atomic E-state index is 0.0800. The van der Waals surface area contributed by atoms with Crippen LogP contribution in [0.15, 0.2) is 52.1 Å². The standard InChI is InChI=1S/C18H14FN3O4S/c19-13-4-2-1-3-12(13)17-21-22-18(26-17)27-9-16(23)20-8-11-5-6-14-15(7-11)25-10-24-14/h1-7H,8-10H2,(H,20,23). The van der Waals surface area contributed by atoms with Crippen LogP contribution in [-0.4, -0.2) is 28.7 Å². The Bertz CT molecular complexity index is 979. The molecular formula is C18H14FN3O4S. The van der Waals surface area contributed by atoms with E-state index >= 15 is 0 Å². The van der Waals surface area contributed by atoms with Crippen LogP contribution in [0.2, 0.25) is 0 Å². The van der Waals surface area contributed by atoms with Gasteiger partial charge in [0.15, 0.2) is 11.5 Å². The summed E-state index contributed by atoms with van der Waals surface area (Å²) in [5.74, 6) is 0.910. The van der Waals surface area contributed by atoms with Crippen LogP contribution in [0.4, 0.5) is 4.39 Å². The van der Waals surface area contributed by atoms with Crippen LogP contribution in [0.1, 0.15) is 5.56 Å². The highest BCUT2D eigenvalue weighted by atomic mass is 32.2. The number of nitrogens with one attached hydrogen (secondary N) is 1. The molecule has 4 rings (SSSR count). The van der Waals surface area contributed by atoms with Crippen molar-refractivity contribution in [1.29, 1.82) is 0 Å². The second-order valence-electron chi connectivity index (χ2n) is 5.61. The van der Waals surface area contributed by atoms with E-state index in [0.717, 1.165) is 17.3 Å². The Labute approximate surface area is 157 Å². The maximum Gasteiger partial charge on any atom is 0.277 e. The lowest BCUT2D eigenvalue weighted by Gasteiger charge is -2.05. The van der Waals surface area contributed by atoms with Crippen molar-refractivity contribution < 1.29 is 23.1 Å². The summed E-state index contributed by atoms with van der Waals surface area (Å²) in [5, 5.41) is 10.7. The molecule has 1 aromatic heterocycles. The average Bonchev–Trinajstić information content (AvgIpc) is 3.34. The first-order chi connectivity index (χ1) is 13.2. The largest absolute Gasteiger partial charge is 0.454 e. The van der Waals surface area contributed by atoms with Gasteiger partial charge in [-0.3, -0.25) is 4.79 Å². The molecular weight excluding hydrogens is 373 g/mol. The summed E-state index contributed by atoms with van der Waals surface area (Å²) < 4.78 is 29.7. The Balaban J connectivity index is 1.29. The van der Waals surface area contributed by atoms with Gasteiger partial charge in [-0.05, 0) is 29.8 Å². The topological polar surface area (TPSA) is 86.5 Å². The number of aromatic nitrogens is 2. The summed E-state index contributed by atoms with van der Waals surface area (Å²) in [5.41, 5.74) is 1.13. The van der Waals surface area contributed by atoms with E-state index < -0.39 is 5.82 Å². The molecule has 1 aliphatic rings. The van der Waals surface area contributed by atoms with Crippen molar-refractivity contribution in [1.82, 2.24) is 15.5 Å². The van der Waals surface area contributed by atoms with Gasteiger partial charge in [0.25, 0.3) is 11.1 Å². The Morgan fingerprint density at radius 1 is 1.15 bits per heavy atom. The van der Waals surface area contributed by atoms with Gasteiger partial charge in [0, 0.05) is 6.54 Å². The zero-order chi connectivity index (χ0) is 18.6. The van der Waals surface area contributed by atoms with Gasteiger partial charge in [-0.15, -0.1) is 10.2 Å². The number of thioether (sulfide) groups is 1. The minimum Gasteiger partial charge on any atom is -0.454 e. The van der Waals surface area contributed by atoms with E-state index in [1.54, 1.807) is 24.3 Å². The molecule has 0 aliphatic carbocycles. The maximum atomic E-state index is 13.7. The van der Waals surface area contributed by atoms with Crippen molar-refractivity contribution in [2.45, 2.75) is 11.8 Å². The molecule has 27 heavy (non-hydrogen) atoms. The molecule has 2 aromatic carbocycles. The van der Waals surface area contributed by atoms with Crippen molar-refractivity contribution in [3.8, 4) is 23.0 Å². The predicted molar refractivity (Wildman–Crippen MR) is 94.8 cm³/mol. The van der Waals surface area contributed by atoms with Crippen molar-refractivity contribution in [2.75, 3.05) is 12.5 Å². The van der Waals surface area contributed by atoms with Crippen LogP contribution in [0.5, 0.6) is 11.5 Å². The van der Waals surface area contributed by atoms with E-state index in [-0.39, 0.29) is 35.1 Å². The van der Waals surface area contributed by atoms with Gasteiger partial charge in [0.2, 0.25) is 12.7 Å². The molecule has 1 aliphatic heterocycles. The molecule has 9 heteroatoms. The third kappa shape index (κ3) is 4.03. The molecule has 138 valence electrons. The smallest absolute Gasteiger partial charge is 0.277 e. The molecule has 7 nitrogen and oxygen atoms in total. The Hall–Kier alpha value is -3.07. The molecule has 2 heterocycles. The normalized spacial score (nSPS) is 12.2. The lowest BCUT2D eigenvalue weighted by Crippen LogP contribution is -2.24. The highest BCUT2D eigenvalue weighted by Crippen LogP contribution is 2.32. The predicted octanol–water partition coefficient (Wildman–Crippen LogP) is 3.01. The maximum absolute atomic E-state index is 13.7. The highest BCUT2D eigenvalue weighted by molar-refractivity contribution is 7.99. The quantitative estimate of drug-likeness (QED) is 0.651. The summed E-state index contributed by atoms with van der Waals surface area (Å²) in [4.78, 5) is 12.0. The Kier molecular flexibility index (Phi) is 4.93. The number of ether oxygens (including phenoxy) is 2. The van der Waals surface area contributed by atoms with Crippen molar-refractivity contribution in [3.63, 3.8) is 0 Å². The number of rotatable bonds is 6.